The van der Waals surface area contributed by atoms with Gasteiger partial charge >= 0.3 is 0 Å². The van der Waals surface area contributed by atoms with Gasteiger partial charge in [-0.1, -0.05) is 13.3 Å². The van der Waals surface area contributed by atoms with Gasteiger partial charge in [-0.25, -0.2) is 0 Å². The van der Waals surface area contributed by atoms with E-state index < -0.39 is 20.9 Å². The molecule has 8 nitrogen and oxygen atoms in total. The van der Waals surface area contributed by atoms with E-state index in [1.54, 1.807) is 0 Å². The normalized spacial score (nSPS) is 36.6. The summed E-state index contributed by atoms with van der Waals surface area (Å²) in [5.41, 5.74) is -2.88. The van der Waals surface area contributed by atoms with Crippen molar-refractivity contribution < 1.29 is 19.5 Å². The van der Waals surface area contributed by atoms with Crippen molar-refractivity contribution in [3.8, 4) is 0 Å². The molecule has 0 spiro atoms. The monoisotopic (exact) mass is 286 g/mol. The van der Waals surface area contributed by atoms with Crippen LogP contribution in [0.25, 0.3) is 0 Å². The second kappa shape index (κ2) is 5.08. The van der Waals surface area contributed by atoms with Gasteiger partial charge in [-0.3, -0.25) is 25.0 Å². The van der Waals surface area contributed by atoms with Crippen molar-refractivity contribution in [2.75, 3.05) is 19.6 Å². The Morgan fingerprint density at radius 1 is 1.15 bits per heavy atom. The third-order valence-corrected chi connectivity index (χ3v) is 4.53. The van der Waals surface area contributed by atoms with Gasteiger partial charge in [0.2, 0.25) is 0 Å². The van der Waals surface area contributed by atoms with Gasteiger partial charge in [-0.2, -0.15) is 0 Å². The SMILES string of the molecule is CCCC[NH+]1C[C@@]2([N+](=O)[O-])CC(=O)C[C@@]([N+](=O)[O-])(C1)C2. The lowest BCUT2D eigenvalue weighted by molar-refractivity contribution is -0.945. The largest absolute Gasteiger partial charge is 0.323 e. The highest BCUT2D eigenvalue weighted by Crippen LogP contribution is 2.38. The molecule has 2 bridgehead atoms. The highest BCUT2D eigenvalue weighted by molar-refractivity contribution is 5.81. The first-order valence-corrected chi connectivity index (χ1v) is 6.98. The maximum atomic E-state index is 11.8. The summed E-state index contributed by atoms with van der Waals surface area (Å²) in [4.78, 5) is 34.7. The van der Waals surface area contributed by atoms with Gasteiger partial charge in [0.15, 0.2) is 0 Å². The number of likely N-dealkylation sites (tertiary alicyclic amines) is 1. The number of hydrogen-bond donors (Lipinski definition) is 1. The number of ketones is 1. The number of quaternary nitrogens is 1. The molecule has 1 unspecified atom stereocenters. The Kier molecular flexibility index (Phi) is 3.77. The fraction of sp³-hybridized carbons (Fsp3) is 0.917. The number of unbranched alkanes of at least 4 members (excludes halogenated alkanes) is 1. The molecular formula is C12H20N3O5+. The van der Waals surface area contributed by atoms with Crippen LogP contribution in [0.2, 0.25) is 0 Å². The van der Waals surface area contributed by atoms with Crippen LogP contribution in [0, 0.1) is 20.2 Å². The van der Waals surface area contributed by atoms with Crippen molar-refractivity contribution >= 4 is 5.78 Å². The van der Waals surface area contributed by atoms with Crippen molar-refractivity contribution in [3.63, 3.8) is 0 Å². The zero-order valence-electron chi connectivity index (χ0n) is 11.6. The number of hydrogen-bond acceptors (Lipinski definition) is 5. The zero-order chi connectivity index (χ0) is 15.0. The first-order valence-electron chi connectivity index (χ1n) is 6.98. The lowest BCUT2D eigenvalue weighted by Crippen LogP contribution is -3.18. The molecule has 112 valence electrons. The molecule has 2 aliphatic rings. The van der Waals surface area contributed by atoms with E-state index in [1.807, 2.05) is 6.92 Å². The molecule has 0 radical (unpaired) electrons. The summed E-state index contributed by atoms with van der Waals surface area (Å²) in [5, 5.41) is 22.9. The molecular weight excluding hydrogens is 266 g/mol. The van der Waals surface area contributed by atoms with Crippen LogP contribution in [-0.2, 0) is 4.79 Å². The average molecular weight is 286 g/mol. The standard InChI is InChI=1S/C12H19N3O5/c1-2-3-4-13-8-11(14(17)18)5-10(16)6-12(7-11,9-13)15(19)20/h2-9H2,1H3/p+1/t11-,12+. The lowest BCUT2D eigenvalue weighted by atomic mass is 9.67. The minimum atomic E-state index is -1.44. The smallest absolute Gasteiger partial charge is 0.283 e. The summed E-state index contributed by atoms with van der Waals surface area (Å²) < 4.78 is 0. The predicted octanol–water partition coefficient (Wildman–Crippen LogP) is -0.531. The van der Waals surface area contributed by atoms with E-state index in [4.69, 9.17) is 0 Å². The average Bonchev–Trinajstić information content (AvgIpc) is 2.34. The Hall–Kier alpha value is -1.57. The molecule has 1 N–H and O–H groups in total. The minimum absolute atomic E-state index is 0.110. The van der Waals surface area contributed by atoms with Crippen molar-refractivity contribution in [2.24, 2.45) is 0 Å². The van der Waals surface area contributed by atoms with Crippen LogP contribution in [0.1, 0.15) is 39.0 Å². The van der Waals surface area contributed by atoms with Gasteiger partial charge in [-0.15, -0.1) is 0 Å². The van der Waals surface area contributed by atoms with Crippen LogP contribution >= 0.6 is 0 Å². The number of carbonyl (C=O) groups is 1. The van der Waals surface area contributed by atoms with Crippen molar-refractivity contribution in [1.29, 1.82) is 0 Å². The van der Waals surface area contributed by atoms with Crippen molar-refractivity contribution in [1.82, 2.24) is 0 Å². The number of nitro groups is 2. The molecule has 1 heterocycles. The number of Topliss-reactive ketones (excluding diaryl/α,β-unsaturated/α-hetero) is 1. The van der Waals surface area contributed by atoms with E-state index >= 15 is 0 Å². The lowest BCUT2D eigenvalue weighted by Gasteiger charge is -2.43. The molecule has 0 amide bonds. The van der Waals surface area contributed by atoms with Crippen LogP contribution in [-0.4, -0.2) is 46.3 Å². The Labute approximate surface area is 116 Å². The summed E-state index contributed by atoms with van der Waals surface area (Å²) in [6, 6.07) is 0. The molecule has 8 heteroatoms. The fourth-order valence-corrected chi connectivity index (χ4v) is 3.77. The molecule has 0 aromatic rings. The van der Waals surface area contributed by atoms with Gasteiger partial charge < -0.3 is 4.90 Å². The van der Waals surface area contributed by atoms with Gasteiger partial charge in [0.05, 0.1) is 19.4 Å². The van der Waals surface area contributed by atoms with Crippen LogP contribution < -0.4 is 4.90 Å². The number of fused-ring (bicyclic) bond motifs is 2. The molecule has 3 atom stereocenters. The Morgan fingerprint density at radius 2 is 1.65 bits per heavy atom. The second-order valence-corrected chi connectivity index (χ2v) is 6.24. The first kappa shape index (κ1) is 14.8. The van der Waals surface area contributed by atoms with E-state index in [-0.39, 0.29) is 38.1 Å². The number of rotatable bonds is 5. The third-order valence-electron chi connectivity index (χ3n) is 4.53. The summed E-state index contributed by atoms with van der Waals surface area (Å²) in [7, 11) is 0. The van der Waals surface area contributed by atoms with E-state index in [9.17, 15) is 25.0 Å². The molecule has 2 rings (SSSR count). The molecule has 20 heavy (non-hydrogen) atoms. The van der Waals surface area contributed by atoms with Crippen LogP contribution in [0.15, 0.2) is 0 Å². The fourth-order valence-electron chi connectivity index (χ4n) is 3.77. The summed E-state index contributed by atoms with van der Waals surface area (Å²) >= 11 is 0. The van der Waals surface area contributed by atoms with Crippen LogP contribution in [0.4, 0.5) is 0 Å². The molecule has 2 fully saturated rings. The third kappa shape index (κ3) is 2.39. The van der Waals surface area contributed by atoms with Gasteiger partial charge in [0, 0.05) is 9.85 Å². The molecule has 1 aliphatic heterocycles. The number of piperidine rings is 1. The number of carbonyl (C=O) groups excluding carboxylic acids is 1. The van der Waals surface area contributed by atoms with E-state index in [1.165, 1.54) is 0 Å². The molecule has 1 saturated heterocycles. The topological polar surface area (TPSA) is 108 Å². The minimum Gasteiger partial charge on any atom is -0.323 e. The second-order valence-electron chi connectivity index (χ2n) is 6.24. The Morgan fingerprint density at radius 3 is 2.05 bits per heavy atom. The maximum Gasteiger partial charge on any atom is 0.283 e. The highest BCUT2D eigenvalue weighted by Gasteiger charge is 2.69. The van der Waals surface area contributed by atoms with Gasteiger partial charge in [0.1, 0.15) is 25.3 Å². The number of nitrogens with zero attached hydrogens (tertiary/aromatic N) is 2. The van der Waals surface area contributed by atoms with Crippen LogP contribution in [0.5, 0.6) is 0 Å². The van der Waals surface area contributed by atoms with Crippen molar-refractivity contribution in [2.45, 2.75) is 50.1 Å². The predicted molar refractivity (Wildman–Crippen MR) is 68.8 cm³/mol. The zero-order valence-corrected chi connectivity index (χ0v) is 11.6. The van der Waals surface area contributed by atoms with Gasteiger partial charge in [-0.05, 0) is 6.42 Å². The molecule has 0 aromatic heterocycles. The van der Waals surface area contributed by atoms with E-state index in [0.29, 0.717) is 6.54 Å². The first-order chi connectivity index (χ1) is 9.33. The molecule has 0 aromatic carbocycles. The summed E-state index contributed by atoms with van der Waals surface area (Å²) in [5.74, 6) is -0.348. The van der Waals surface area contributed by atoms with Crippen LogP contribution in [0.3, 0.4) is 0 Å². The Bertz CT molecular complexity index is 420. The summed E-state index contributed by atoms with van der Waals surface area (Å²) in [6.45, 7) is 3.15. The molecule has 1 saturated carbocycles. The van der Waals surface area contributed by atoms with Crippen molar-refractivity contribution in [3.05, 3.63) is 20.2 Å². The van der Waals surface area contributed by atoms with E-state index in [0.717, 1.165) is 17.7 Å². The van der Waals surface area contributed by atoms with E-state index in [2.05, 4.69) is 0 Å². The Balaban J connectivity index is 2.34. The maximum absolute atomic E-state index is 11.8. The van der Waals surface area contributed by atoms with Gasteiger partial charge in [0.25, 0.3) is 11.1 Å². The summed E-state index contributed by atoms with van der Waals surface area (Å²) in [6.07, 6.45) is 1.39. The molecule has 1 aliphatic carbocycles. The highest BCUT2D eigenvalue weighted by atomic mass is 16.6. The number of nitrogens with one attached hydrogen (secondary N) is 1. The quantitative estimate of drug-likeness (QED) is 0.540.